The van der Waals surface area contributed by atoms with Crippen molar-refractivity contribution in [3.8, 4) is 22.9 Å². The Morgan fingerprint density at radius 2 is 1.85 bits per heavy atom. The van der Waals surface area contributed by atoms with E-state index in [-0.39, 0.29) is 51.3 Å². The monoisotopic (exact) mass is 645 g/mol. The van der Waals surface area contributed by atoms with Gasteiger partial charge in [-0.2, -0.15) is 9.97 Å². The number of phenolic OH excluding ortho intramolecular Hbond substituents is 1. The number of morpholine rings is 1. The zero-order valence-corrected chi connectivity index (χ0v) is 26.4. The van der Waals surface area contributed by atoms with Gasteiger partial charge in [0.2, 0.25) is 0 Å². The van der Waals surface area contributed by atoms with Crippen molar-refractivity contribution in [2.75, 3.05) is 44.3 Å². The number of aromatic hydroxyl groups is 1. The Bertz CT molecular complexity index is 1910. The Kier molecular flexibility index (Phi) is 6.85. The molecule has 4 aromatic rings. The highest BCUT2D eigenvalue weighted by molar-refractivity contribution is 6.03. The number of aryl methyl sites for hydroxylation is 1. The van der Waals surface area contributed by atoms with Gasteiger partial charge in [-0.3, -0.25) is 4.90 Å². The van der Waals surface area contributed by atoms with E-state index in [2.05, 4.69) is 20.1 Å². The Balaban J connectivity index is 1.15. The lowest BCUT2D eigenvalue weighted by molar-refractivity contribution is 0.0176. The maximum atomic E-state index is 16.9. The molecule has 3 aromatic carbocycles. The smallest absolute Gasteiger partial charge is 0.319 e. The quantitative estimate of drug-likeness (QED) is 0.252. The molecule has 1 saturated carbocycles. The van der Waals surface area contributed by atoms with E-state index in [4.69, 9.17) is 14.5 Å². The van der Waals surface area contributed by atoms with Crippen LogP contribution in [0.3, 0.4) is 0 Å². The number of rotatable bonds is 8. The molecule has 9 rings (SSSR count). The lowest BCUT2D eigenvalue weighted by Gasteiger charge is -2.34. The number of anilines is 1. The molecule has 4 bridgehead atoms. The van der Waals surface area contributed by atoms with Gasteiger partial charge in [0, 0.05) is 55.1 Å². The highest BCUT2D eigenvalue weighted by Crippen LogP contribution is 2.48. The molecule has 0 spiro atoms. The Hall–Kier alpha value is -3.67. The lowest BCUT2D eigenvalue weighted by atomic mass is 9.91. The van der Waals surface area contributed by atoms with Crippen LogP contribution >= 0.6 is 0 Å². The molecule has 4 saturated heterocycles. The van der Waals surface area contributed by atoms with E-state index in [1.165, 1.54) is 30.3 Å². The zero-order valence-electron chi connectivity index (χ0n) is 26.4. The van der Waals surface area contributed by atoms with Crippen LogP contribution in [0.2, 0.25) is 0 Å². The van der Waals surface area contributed by atoms with Crippen LogP contribution in [0.1, 0.15) is 44.6 Å². The van der Waals surface area contributed by atoms with Gasteiger partial charge in [-0.25, -0.2) is 13.2 Å². The van der Waals surface area contributed by atoms with Crippen LogP contribution in [0.15, 0.2) is 30.3 Å². The number of aromatic nitrogens is 2. The summed E-state index contributed by atoms with van der Waals surface area (Å²) in [7, 11) is 0. The van der Waals surface area contributed by atoms with Crippen LogP contribution in [0.4, 0.5) is 19.0 Å². The van der Waals surface area contributed by atoms with Gasteiger partial charge in [0.15, 0.2) is 5.82 Å². The highest BCUT2D eigenvalue weighted by Gasteiger charge is 2.49. The molecule has 11 heteroatoms. The number of nitrogens with zero attached hydrogens (tertiary/aromatic N) is 4. The van der Waals surface area contributed by atoms with Gasteiger partial charge >= 0.3 is 6.01 Å². The third-order valence-electron chi connectivity index (χ3n) is 11.2. The number of nitrogens with one attached hydrogen (secondary N) is 1. The first kappa shape index (κ1) is 29.5. The molecule has 1 aliphatic carbocycles. The normalized spacial score (nSPS) is 26.2. The van der Waals surface area contributed by atoms with Crippen LogP contribution in [-0.2, 0) is 11.2 Å². The Morgan fingerprint density at radius 3 is 2.55 bits per heavy atom. The fourth-order valence-corrected chi connectivity index (χ4v) is 8.57. The molecule has 1 aromatic heterocycles. The number of hydrogen-bond acceptors (Lipinski definition) is 8. The second-order valence-corrected chi connectivity index (χ2v) is 14.4. The van der Waals surface area contributed by atoms with Gasteiger partial charge in [-0.15, -0.1) is 0 Å². The lowest BCUT2D eigenvalue weighted by Crippen LogP contribution is -2.51. The van der Waals surface area contributed by atoms with E-state index >= 15 is 13.2 Å². The number of hydrogen-bond donors (Lipinski definition) is 2. The molecule has 2 N–H and O–H groups in total. The van der Waals surface area contributed by atoms with Gasteiger partial charge < -0.3 is 24.8 Å². The molecule has 5 heterocycles. The van der Waals surface area contributed by atoms with Crippen molar-refractivity contribution in [3.05, 3.63) is 53.3 Å². The van der Waals surface area contributed by atoms with E-state index in [0.29, 0.717) is 60.4 Å². The van der Waals surface area contributed by atoms with Gasteiger partial charge in [0.05, 0.1) is 24.9 Å². The molecule has 4 atom stereocenters. The standard InChI is InChI=1S/C36H38F3N5O3/c1-2-25-28(37)6-3-19-9-23(45)11-26(30(19)25)31-29(38)12-27-33(32(31)39)41-35(42-34(27)43-13-20-4-5-21(14-43)40-20)47-18-36(7-8-36)17-44-15-24-10-22(44)16-46-24/h3,6,9,11-12,20-22,24,40,45H,2,4-5,7-8,10,13-18H2,1H3/t20?,21?,22-,24-/m0/s1. The number of halogens is 3. The van der Waals surface area contributed by atoms with Crippen molar-refractivity contribution < 1.29 is 27.8 Å². The van der Waals surface area contributed by atoms with Gasteiger partial charge in [-0.05, 0) is 84.7 Å². The van der Waals surface area contributed by atoms with Crippen molar-refractivity contribution in [2.45, 2.75) is 69.7 Å². The topological polar surface area (TPSA) is 83.0 Å². The van der Waals surface area contributed by atoms with Crippen molar-refractivity contribution in [1.29, 1.82) is 0 Å². The zero-order chi connectivity index (χ0) is 32.0. The SMILES string of the molecule is CCc1c(F)ccc2cc(O)cc(-c3c(F)cc4c(N5CC6CCC(C5)N6)nc(OCC5(CN6C[C@@H]7C[C@H]6CO7)CC5)nc4c3F)c12. The van der Waals surface area contributed by atoms with Gasteiger partial charge in [0.25, 0.3) is 0 Å². The van der Waals surface area contributed by atoms with E-state index in [0.717, 1.165) is 51.8 Å². The maximum Gasteiger partial charge on any atom is 0.319 e. The molecule has 47 heavy (non-hydrogen) atoms. The first-order valence-corrected chi connectivity index (χ1v) is 16.9. The molecule has 246 valence electrons. The number of piperazine rings is 1. The van der Waals surface area contributed by atoms with Crippen LogP contribution in [0.5, 0.6) is 11.8 Å². The number of fused-ring (bicyclic) bond motifs is 6. The minimum absolute atomic E-state index is 0.00921. The largest absolute Gasteiger partial charge is 0.508 e. The fourth-order valence-electron chi connectivity index (χ4n) is 8.57. The summed E-state index contributed by atoms with van der Waals surface area (Å²) < 4.78 is 60.4. The summed E-state index contributed by atoms with van der Waals surface area (Å²) in [6.07, 6.45) is 5.85. The summed E-state index contributed by atoms with van der Waals surface area (Å²) in [6, 6.07) is 7.96. The molecular formula is C36H38F3N5O3. The minimum Gasteiger partial charge on any atom is -0.508 e. The minimum atomic E-state index is -0.890. The third kappa shape index (κ3) is 5.00. The van der Waals surface area contributed by atoms with E-state index in [9.17, 15) is 5.11 Å². The van der Waals surface area contributed by atoms with E-state index in [1.54, 1.807) is 6.92 Å². The molecular weight excluding hydrogens is 607 g/mol. The molecule has 0 radical (unpaired) electrons. The van der Waals surface area contributed by atoms with Crippen LogP contribution in [0, 0.1) is 22.9 Å². The number of ether oxygens (including phenoxy) is 2. The second-order valence-electron chi connectivity index (χ2n) is 14.4. The first-order chi connectivity index (χ1) is 22.8. The number of phenols is 1. The van der Waals surface area contributed by atoms with Crippen LogP contribution in [-0.4, -0.2) is 83.6 Å². The van der Waals surface area contributed by atoms with Crippen molar-refractivity contribution in [1.82, 2.24) is 20.2 Å². The molecule has 4 aliphatic heterocycles. The van der Waals surface area contributed by atoms with Crippen LogP contribution in [0.25, 0.3) is 32.8 Å². The molecule has 2 unspecified atom stereocenters. The first-order valence-electron chi connectivity index (χ1n) is 16.9. The van der Waals surface area contributed by atoms with Gasteiger partial charge in [0.1, 0.15) is 28.7 Å². The highest BCUT2D eigenvalue weighted by atomic mass is 19.1. The van der Waals surface area contributed by atoms with Crippen molar-refractivity contribution >= 4 is 27.5 Å². The van der Waals surface area contributed by atoms with E-state index in [1.807, 2.05) is 0 Å². The summed E-state index contributed by atoms with van der Waals surface area (Å²) in [6.45, 7) is 6.17. The Labute approximate surface area is 270 Å². The summed E-state index contributed by atoms with van der Waals surface area (Å²) in [5, 5.41) is 15.3. The Morgan fingerprint density at radius 1 is 1.04 bits per heavy atom. The summed E-state index contributed by atoms with van der Waals surface area (Å²) in [5.41, 5.74) is -0.0219. The van der Waals surface area contributed by atoms with Crippen molar-refractivity contribution in [3.63, 3.8) is 0 Å². The third-order valence-corrected chi connectivity index (χ3v) is 11.2. The molecule has 8 nitrogen and oxygen atoms in total. The van der Waals surface area contributed by atoms with E-state index < -0.39 is 17.5 Å². The fraction of sp³-hybridized carbons (Fsp3) is 0.500. The van der Waals surface area contributed by atoms with Crippen molar-refractivity contribution in [2.24, 2.45) is 5.41 Å². The maximum absolute atomic E-state index is 16.9. The summed E-state index contributed by atoms with van der Waals surface area (Å²) >= 11 is 0. The average Bonchev–Trinajstić information content (AvgIpc) is 3.32. The molecule has 5 fully saturated rings. The summed E-state index contributed by atoms with van der Waals surface area (Å²) in [5.74, 6) is -1.90. The van der Waals surface area contributed by atoms with Crippen LogP contribution < -0.4 is 15.0 Å². The predicted octanol–water partition coefficient (Wildman–Crippen LogP) is 5.71. The second kappa shape index (κ2) is 10.9. The number of benzene rings is 3. The predicted molar refractivity (Wildman–Crippen MR) is 172 cm³/mol. The molecule has 0 amide bonds. The molecule has 5 aliphatic rings. The average molecular weight is 646 g/mol. The van der Waals surface area contributed by atoms with Gasteiger partial charge in [-0.1, -0.05) is 13.0 Å². The summed E-state index contributed by atoms with van der Waals surface area (Å²) in [4.78, 5) is 14.0. The number of likely N-dealkylation sites (tertiary alicyclic amines) is 1.